The molecule has 0 radical (unpaired) electrons. The van der Waals surface area contributed by atoms with E-state index in [9.17, 15) is 9.59 Å². The molecular formula is C18H21N3O4S. The molecule has 1 fully saturated rings. The molecule has 26 heavy (non-hydrogen) atoms. The number of benzene rings is 1. The quantitative estimate of drug-likeness (QED) is 0.603. The van der Waals surface area contributed by atoms with Crippen LogP contribution in [0, 0.1) is 0 Å². The minimum atomic E-state index is -0.777. The zero-order chi connectivity index (χ0) is 18.5. The summed E-state index contributed by atoms with van der Waals surface area (Å²) >= 11 is 1.55. The van der Waals surface area contributed by atoms with E-state index in [1.807, 2.05) is 24.3 Å². The number of hydrogen-bond donors (Lipinski definition) is 0. The Morgan fingerprint density at radius 1 is 1.23 bits per heavy atom. The fraction of sp³-hybridized carbons (Fsp3) is 0.444. The number of para-hydroxylation sites is 1. The highest BCUT2D eigenvalue weighted by Crippen LogP contribution is 2.36. The van der Waals surface area contributed by atoms with Gasteiger partial charge in [0, 0.05) is 19.0 Å². The number of aromatic nitrogens is 2. The second kappa shape index (κ2) is 8.27. The van der Waals surface area contributed by atoms with E-state index in [-0.39, 0.29) is 12.5 Å². The Balaban J connectivity index is 1.65. The molecule has 0 aliphatic carbocycles. The van der Waals surface area contributed by atoms with Gasteiger partial charge in [-0.3, -0.25) is 4.79 Å². The smallest absolute Gasteiger partial charge is 0.397 e. The third-order valence-electron chi connectivity index (χ3n) is 4.36. The van der Waals surface area contributed by atoms with Crippen LogP contribution in [0.2, 0.25) is 0 Å². The lowest BCUT2D eigenvalue weighted by molar-refractivity contribution is -0.160. The number of carbonyl (C=O) groups excluding carboxylic acids is 2. The first-order chi connectivity index (χ1) is 12.6. The molecule has 1 aromatic carbocycles. The number of methoxy groups -OCH3 is 1. The van der Waals surface area contributed by atoms with Gasteiger partial charge in [0.15, 0.2) is 5.01 Å². The molecule has 138 valence electrons. The monoisotopic (exact) mass is 375 g/mol. The Labute approximate surface area is 155 Å². The highest BCUT2D eigenvalue weighted by atomic mass is 32.1. The fourth-order valence-corrected chi connectivity index (χ4v) is 4.02. The zero-order valence-electron chi connectivity index (χ0n) is 14.8. The predicted molar refractivity (Wildman–Crippen MR) is 97.1 cm³/mol. The first-order valence-corrected chi connectivity index (χ1v) is 9.38. The van der Waals surface area contributed by atoms with Crippen LogP contribution in [0.1, 0.15) is 30.7 Å². The van der Waals surface area contributed by atoms with Gasteiger partial charge >= 0.3 is 11.9 Å². The van der Waals surface area contributed by atoms with E-state index in [1.54, 1.807) is 30.3 Å². The average Bonchev–Trinajstić information content (AvgIpc) is 3.17. The second-order valence-corrected chi connectivity index (χ2v) is 6.94. The summed E-state index contributed by atoms with van der Waals surface area (Å²) in [5.74, 6) is -0.329. The molecule has 7 nitrogen and oxygen atoms in total. The molecule has 1 aliphatic heterocycles. The van der Waals surface area contributed by atoms with Crippen molar-refractivity contribution in [2.75, 3.05) is 26.8 Å². The van der Waals surface area contributed by atoms with Gasteiger partial charge in [-0.1, -0.05) is 23.5 Å². The van der Waals surface area contributed by atoms with E-state index in [2.05, 4.69) is 10.2 Å². The van der Waals surface area contributed by atoms with Crippen molar-refractivity contribution in [2.24, 2.45) is 0 Å². The third-order valence-corrected chi connectivity index (χ3v) is 5.48. The van der Waals surface area contributed by atoms with Crippen LogP contribution in [-0.2, 0) is 14.3 Å². The minimum absolute atomic E-state index is 0.206. The maximum atomic E-state index is 12.0. The molecule has 0 atom stereocenters. The molecule has 2 aromatic rings. The van der Waals surface area contributed by atoms with Crippen molar-refractivity contribution in [3.63, 3.8) is 0 Å². The van der Waals surface area contributed by atoms with Gasteiger partial charge in [-0.25, -0.2) is 4.79 Å². The van der Waals surface area contributed by atoms with Gasteiger partial charge in [0.2, 0.25) is 0 Å². The van der Waals surface area contributed by atoms with Gasteiger partial charge < -0.3 is 14.4 Å². The number of carbonyl (C=O) groups is 2. The van der Waals surface area contributed by atoms with Crippen molar-refractivity contribution in [3.8, 4) is 16.3 Å². The van der Waals surface area contributed by atoms with Crippen LogP contribution < -0.4 is 4.74 Å². The number of likely N-dealkylation sites (tertiary alicyclic amines) is 1. The minimum Gasteiger partial charge on any atom is -0.496 e. The Kier molecular flexibility index (Phi) is 5.82. The van der Waals surface area contributed by atoms with Crippen LogP contribution in [0.3, 0.4) is 0 Å². The lowest BCUT2D eigenvalue weighted by atomic mass is 9.97. The molecule has 2 heterocycles. The SMILES string of the molecule is CCOC(=O)C(=O)N1CCC(c2nnc(-c3ccccc3OC)s2)CC1. The van der Waals surface area contributed by atoms with Crippen LogP contribution in [0.5, 0.6) is 5.75 Å². The first kappa shape index (κ1) is 18.3. The largest absolute Gasteiger partial charge is 0.496 e. The molecule has 0 bridgehead atoms. The highest BCUT2D eigenvalue weighted by molar-refractivity contribution is 7.14. The molecule has 1 saturated heterocycles. The van der Waals surface area contributed by atoms with E-state index in [0.717, 1.165) is 34.2 Å². The Hall–Kier alpha value is -2.48. The van der Waals surface area contributed by atoms with Gasteiger partial charge in [0.25, 0.3) is 0 Å². The van der Waals surface area contributed by atoms with Crippen molar-refractivity contribution < 1.29 is 19.1 Å². The molecule has 0 saturated carbocycles. The summed E-state index contributed by atoms with van der Waals surface area (Å²) in [4.78, 5) is 25.1. The number of esters is 1. The van der Waals surface area contributed by atoms with Crippen molar-refractivity contribution in [3.05, 3.63) is 29.3 Å². The third kappa shape index (κ3) is 3.85. The summed E-state index contributed by atoms with van der Waals surface area (Å²) in [5.41, 5.74) is 0.925. The normalized spacial score (nSPS) is 14.9. The van der Waals surface area contributed by atoms with Gasteiger partial charge in [0.05, 0.1) is 19.3 Å². The zero-order valence-corrected chi connectivity index (χ0v) is 15.6. The van der Waals surface area contributed by atoms with Crippen LogP contribution in [0.25, 0.3) is 10.6 Å². The van der Waals surface area contributed by atoms with E-state index in [4.69, 9.17) is 9.47 Å². The van der Waals surface area contributed by atoms with Crippen molar-refractivity contribution in [1.82, 2.24) is 15.1 Å². The molecule has 0 unspecified atom stereocenters. The molecule has 3 rings (SSSR count). The molecule has 1 amide bonds. The highest BCUT2D eigenvalue weighted by Gasteiger charge is 2.30. The van der Waals surface area contributed by atoms with Crippen LogP contribution in [0.4, 0.5) is 0 Å². The summed E-state index contributed by atoms with van der Waals surface area (Å²) in [5, 5.41) is 10.4. The topological polar surface area (TPSA) is 81.6 Å². The Morgan fingerprint density at radius 2 is 1.96 bits per heavy atom. The van der Waals surface area contributed by atoms with Gasteiger partial charge in [-0.15, -0.1) is 10.2 Å². The lowest BCUT2D eigenvalue weighted by Gasteiger charge is -2.30. The maximum absolute atomic E-state index is 12.0. The van der Waals surface area contributed by atoms with E-state index in [1.165, 1.54) is 0 Å². The van der Waals surface area contributed by atoms with Crippen LogP contribution in [-0.4, -0.2) is 53.8 Å². The van der Waals surface area contributed by atoms with Gasteiger partial charge in [-0.05, 0) is 31.9 Å². The standard InChI is InChI=1S/C18H21N3O4S/c1-3-25-18(23)17(22)21-10-8-12(9-11-21)15-19-20-16(26-15)13-6-4-5-7-14(13)24-2/h4-7,12H,3,8-11H2,1-2H3. The van der Waals surface area contributed by atoms with E-state index < -0.39 is 11.9 Å². The molecular weight excluding hydrogens is 354 g/mol. The predicted octanol–water partition coefficient (Wildman–Crippen LogP) is 2.48. The molecule has 1 aromatic heterocycles. The summed E-state index contributed by atoms with van der Waals surface area (Å²) < 4.78 is 10.2. The number of ether oxygens (including phenoxy) is 2. The van der Waals surface area contributed by atoms with Crippen molar-refractivity contribution in [2.45, 2.75) is 25.7 Å². The summed E-state index contributed by atoms with van der Waals surface area (Å²) in [6.45, 7) is 2.93. The molecule has 1 aliphatic rings. The summed E-state index contributed by atoms with van der Waals surface area (Å²) in [6.07, 6.45) is 1.51. The summed E-state index contributed by atoms with van der Waals surface area (Å²) in [7, 11) is 1.64. The fourth-order valence-electron chi connectivity index (χ4n) is 2.98. The van der Waals surface area contributed by atoms with Crippen molar-refractivity contribution in [1.29, 1.82) is 0 Å². The van der Waals surface area contributed by atoms with Crippen LogP contribution >= 0.6 is 11.3 Å². The Bertz CT molecular complexity index is 784. The molecule has 0 N–H and O–H groups in total. The van der Waals surface area contributed by atoms with E-state index in [0.29, 0.717) is 13.1 Å². The van der Waals surface area contributed by atoms with Gasteiger partial charge in [-0.2, -0.15) is 0 Å². The van der Waals surface area contributed by atoms with Crippen LogP contribution in [0.15, 0.2) is 24.3 Å². The molecule has 8 heteroatoms. The van der Waals surface area contributed by atoms with Gasteiger partial charge in [0.1, 0.15) is 10.8 Å². The number of nitrogens with zero attached hydrogens (tertiary/aromatic N) is 3. The molecule has 0 spiro atoms. The summed E-state index contributed by atoms with van der Waals surface area (Å²) in [6, 6.07) is 7.72. The second-order valence-electron chi connectivity index (χ2n) is 5.93. The number of amides is 1. The average molecular weight is 375 g/mol. The number of hydrogen-bond acceptors (Lipinski definition) is 7. The lowest BCUT2D eigenvalue weighted by Crippen LogP contribution is -2.42. The first-order valence-electron chi connectivity index (χ1n) is 8.56. The maximum Gasteiger partial charge on any atom is 0.397 e. The Morgan fingerprint density at radius 3 is 2.65 bits per heavy atom. The number of piperidine rings is 1. The van der Waals surface area contributed by atoms with Crippen molar-refractivity contribution >= 4 is 23.2 Å². The van der Waals surface area contributed by atoms with E-state index >= 15 is 0 Å². The number of rotatable bonds is 4.